The fourth-order valence-electron chi connectivity index (χ4n) is 1.49. The summed E-state index contributed by atoms with van der Waals surface area (Å²) in [6.45, 7) is 1.82. The van der Waals surface area contributed by atoms with Gasteiger partial charge in [-0.05, 0) is 6.42 Å². The lowest BCUT2D eigenvalue weighted by atomic mass is 10.1. The Balaban J connectivity index is 2.71. The van der Waals surface area contributed by atoms with Crippen LogP contribution < -0.4 is 0 Å². The van der Waals surface area contributed by atoms with Crippen LogP contribution in [-0.4, -0.2) is 37.0 Å². The third-order valence-corrected chi connectivity index (χ3v) is 2.29. The second kappa shape index (κ2) is 3.13. The Hall–Kier alpha value is -1.06. The second-order valence-corrected chi connectivity index (χ2v) is 3.12. The Morgan fingerprint density at radius 3 is 2.58 bits per heavy atom. The molecule has 0 bridgehead atoms. The van der Waals surface area contributed by atoms with Gasteiger partial charge in [-0.3, -0.25) is 4.79 Å². The summed E-state index contributed by atoms with van der Waals surface area (Å²) in [5.74, 6) is -0.361. The third-order valence-electron chi connectivity index (χ3n) is 2.29. The molecule has 12 heavy (non-hydrogen) atoms. The zero-order valence-electron chi connectivity index (χ0n) is 7.53. The molecule has 1 amide bonds. The molecule has 1 fully saturated rings. The molecule has 0 spiro atoms. The molecule has 1 aliphatic heterocycles. The van der Waals surface area contributed by atoms with Gasteiger partial charge in [-0.15, -0.1) is 0 Å². The Morgan fingerprint density at radius 1 is 1.67 bits per heavy atom. The normalized spacial score (nSPS) is 29.2. The molecule has 68 valence electrons. The van der Waals surface area contributed by atoms with Crippen molar-refractivity contribution in [2.45, 2.75) is 19.4 Å². The predicted octanol–water partition coefficient (Wildman–Crippen LogP) is 0.0262. The van der Waals surface area contributed by atoms with Crippen LogP contribution in [0.25, 0.3) is 0 Å². The standard InChI is InChI=1S/C8H13NO3/c1-5-4-6(8(11)12-3)9(2)7(5)10/h5-6H,4H2,1-3H3/t5?,6-/m0/s1. The third kappa shape index (κ3) is 1.29. The number of hydrogen-bond donors (Lipinski definition) is 0. The van der Waals surface area contributed by atoms with Crippen LogP contribution in [0, 0.1) is 5.92 Å². The van der Waals surface area contributed by atoms with Crippen molar-refractivity contribution in [1.29, 1.82) is 0 Å². The van der Waals surface area contributed by atoms with E-state index in [0.29, 0.717) is 6.42 Å². The first-order valence-corrected chi connectivity index (χ1v) is 3.92. The first kappa shape index (κ1) is 9.03. The molecular weight excluding hydrogens is 158 g/mol. The maximum atomic E-state index is 11.3. The van der Waals surface area contributed by atoms with Crippen molar-refractivity contribution in [3.05, 3.63) is 0 Å². The number of hydrogen-bond acceptors (Lipinski definition) is 3. The number of likely N-dealkylation sites (N-methyl/N-ethyl adjacent to an activating group) is 1. The van der Waals surface area contributed by atoms with Crippen LogP contribution in [-0.2, 0) is 14.3 Å². The molecular formula is C8H13NO3. The zero-order chi connectivity index (χ0) is 9.30. The summed E-state index contributed by atoms with van der Waals surface area (Å²) in [5.41, 5.74) is 0. The molecule has 0 aromatic heterocycles. The SMILES string of the molecule is COC(=O)[C@@H]1CC(C)C(=O)N1C. The molecule has 2 atom stereocenters. The topological polar surface area (TPSA) is 46.6 Å². The van der Waals surface area contributed by atoms with E-state index in [1.54, 1.807) is 7.05 Å². The fourth-order valence-corrected chi connectivity index (χ4v) is 1.49. The Labute approximate surface area is 71.5 Å². The van der Waals surface area contributed by atoms with Crippen molar-refractivity contribution < 1.29 is 14.3 Å². The predicted molar refractivity (Wildman–Crippen MR) is 42.4 cm³/mol. The maximum Gasteiger partial charge on any atom is 0.328 e. The van der Waals surface area contributed by atoms with Gasteiger partial charge in [-0.25, -0.2) is 4.79 Å². The molecule has 1 unspecified atom stereocenters. The van der Waals surface area contributed by atoms with Crippen LogP contribution in [0.1, 0.15) is 13.3 Å². The van der Waals surface area contributed by atoms with Gasteiger partial charge in [-0.1, -0.05) is 6.92 Å². The molecule has 1 heterocycles. The van der Waals surface area contributed by atoms with E-state index in [9.17, 15) is 9.59 Å². The number of carbonyl (C=O) groups is 2. The smallest absolute Gasteiger partial charge is 0.328 e. The molecule has 4 nitrogen and oxygen atoms in total. The van der Waals surface area contributed by atoms with E-state index in [-0.39, 0.29) is 23.8 Å². The summed E-state index contributed by atoms with van der Waals surface area (Å²) in [4.78, 5) is 23.8. The van der Waals surface area contributed by atoms with Gasteiger partial charge < -0.3 is 9.64 Å². The zero-order valence-corrected chi connectivity index (χ0v) is 7.53. The number of carbonyl (C=O) groups excluding carboxylic acids is 2. The number of nitrogens with zero attached hydrogens (tertiary/aromatic N) is 1. The van der Waals surface area contributed by atoms with E-state index < -0.39 is 0 Å². The molecule has 0 saturated carbocycles. The Bertz CT molecular complexity index is 214. The van der Waals surface area contributed by atoms with Gasteiger partial charge in [0.25, 0.3) is 0 Å². The van der Waals surface area contributed by atoms with Crippen LogP contribution in [0.2, 0.25) is 0 Å². The van der Waals surface area contributed by atoms with E-state index >= 15 is 0 Å². The molecule has 1 saturated heterocycles. The quantitative estimate of drug-likeness (QED) is 0.523. The van der Waals surface area contributed by atoms with Gasteiger partial charge in [0.15, 0.2) is 0 Å². The minimum absolute atomic E-state index is 0.0189. The highest BCUT2D eigenvalue weighted by atomic mass is 16.5. The number of likely N-dealkylation sites (tertiary alicyclic amines) is 1. The number of ether oxygens (including phenoxy) is 1. The van der Waals surface area contributed by atoms with Gasteiger partial charge in [0, 0.05) is 13.0 Å². The van der Waals surface area contributed by atoms with Crippen molar-refractivity contribution in [3.8, 4) is 0 Å². The van der Waals surface area contributed by atoms with Crippen molar-refractivity contribution in [3.63, 3.8) is 0 Å². The molecule has 0 aromatic rings. The highest BCUT2D eigenvalue weighted by Gasteiger charge is 2.39. The monoisotopic (exact) mass is 171 g/mol. The molecule has 0 aromatic carbocycles. The number of rotatable bonds is 1. The van der Waals surface area contributed by atoms with Gasteiger partial charge in [0.1, 0.15) is 6.04 Å². The van der Waals surface area contributed by atoms with Gasteiger partial charge >= 0.3 is 5.97 Å². The van der Waals surface area contributed by atoms with Crippen molar-refractivity contribution >= 4 is 11.9 Å². The summed E-state index contributed by atoms with van der Waals surface area (Å²) >= 11 is 0. The van der Waals surface area contributed by atoms with Crippen LogP contribution in [0.4, 0.5) is 0 Å². The molecule has 0 radical (unpaired) electrons. The number of esters is 1. The van der Waals surface area contributed by atoms with E-state index in [1.165, 1.54) is 12.0 Å². The molecule has 4 heteroatoms. The lowest BCUT2D eigenvalue weighted by Gasteiger charge is -2.16. The van der Waals surface area contributed by atoms with Crippen LogP contribution in [0.5, 0.6) is 0 Å². The number of methoxy groups -OCH3 is 1. The minimum atomic E-state index is -0.377. The van der Waals surface area contributed by atoms with Crippen LogP contribution >= 0.6 is 0 Å². The molecule has 0 N–H and O–H groups in total. The minimum Gasteiger partial charge on any atom is -0.467 e. The van der Waals surface area contributed by atoms with Crippen LogP contribution in [0.3, 0.4) is 0 Å². The summed E-state index contributed by atoms with van der Waals surface area (Å²) in [6.07, 6.45) is 0.571. The summed E-state index contributed by atoms with van der Waals surface area (Å²) in [6, 6.07) is -0.377. The fraction of sp³-hybridized carbons (Fsp3) is 0.750. The van der Waals surface area contributed by atoms with E-state index in [1.807, 2.05) is 6.92 Å². The molecule has 1 rings (SSSR count). The van der Waals surface area contributed by atoms with Crippen LogP contribution in [0.15, 0.2) is 0 Å². The van der Waals surface area contributed by atoms with Gasteiger partial charge in [-0.2, -0.15) is 0 Å². The number of amides is 1. The van der Waals surface area contributed by atoms with E-state index in [2.05, 4.69) is 4.74 Å². The summed E-state index contributed by atoms with van der Waals surface area (Å²) in [7, 11) is 2.97. The van der Waals surface area contributed by atoms with Crippen molar-refractivity contribution in [1.82, 2.24) is 4.90 Å². The first-order valence-electron chi connectivity index (χ1n) is 3.92. The maximum absolute atomic E-state index is 11.3. The van der Waals surface area contributed by atoms with E-state index in [0.717, 1.165) is 0 Å². The van der Waals surface area contributed by atoms with Gasteiger partial charge in [0.05, 0.1) is 7.11 Å². The highest BCUT2D eigenvalue weighted by Crippen LogP contribution is 2.22. The van der Waals surface area contributed by atoms with Gasteiger partial charge in [0.2, 0.25) is 5.91 Å². The lowest BCUT2D eigenvalue weighted by molar-refractivity contribution is -0.148. The first-order chi connectivity index (χ1) is 5.57. The second-order valence-electron chi connectivity index (χ2n) is 3.12. The molecule has 1 aliphatic rings. The van der Waals surface area contributed by atoms with E-state index in [4.69, 9.17) is 0 Å². The summed E-state index contributed by atoms with van der Waals surface area (Å²) < 4.78 is 4.57. The average Bonchev–Trinajstić information content (AvgIpc) is 2.32. The highest BCUT2D eigenvalue weighted by molar-refractivity contribution is 5.89. The Morgan fingerprint density at radius 2 is 2.25 bits per heavy atom. The van der Waals surface area contributed by atoms with Crippen molar-refractivity contribution in [2.75, 3.05) is 14.2 Å². The average molecular weight is 171 g/mol. The Kier molecular flexibility index (Phi) is 2.35. The lowest BCUT2D eigenvalue weighted by Crippen LogP contribution is -2.36. The summed E-state index contributed by atoms with van der Waals surface area (Å²) in [5, 5.41) is 0. The molecule has 0 aliphatic carbocycles. The van der Waals surface area contributed by atoms with Crippen molar-refractivity contribution in [2.24, 2.45) is 5.92 Å². The largest absolute Gasteiger partial charge is 0.467 e.